The number of hydrogen-bond acceptors (Lipinski definition) is 3. The molecule has 0 heterocycles. The number of halogens is 1. The minimum absolute atomic E-state index is 0.153. The van der Waals surface area contributed by atoms with Gasteiger partial charge in [-0.1, -0.05) is 81.0 Å². The summed E-state index contributed by atoms with van der Waals surface area (Å²) in [6.07, 6.45) is 6.98. The maximum Gasteiger partial charge on any atom is 0.241 e. The fourth-order valence-electron chi connectivity index (χ4n) is 2.68. The number of rotatable bonds is 12. The average Bonchev–Trinajstić information content (AvgIpc) is 2.68. The van der Waals surface area contributed by atoms with E-state index < -0.39 is 10.0 Å². The van der Waals surface area contributed by atoms with Gasteiger partial charge in [-0.05, 0) is 24.1 Å². The summed E-state index contributed by atoms with van der Waals surface area (Å²) in [7, 11) is -3.63. The largest absolute Gasteiger partial charge is 0.492 e. The Bertz CT molecular complexity index is 794. The molecule has 0 fully saturated rings. The van der Waals surface area contributed by atoms with E-state index in [1.54, 1.807) is 6.07 Å². The SMILES string of the molecule is CCCCCCCCOc1cc(S(=O)(=O)NCc2ccccc2)ccc1Cl. The highest BCUT2D eigenvalue weighted by Crippen LogP contribution is 2.28. The van der Waals surface area contributed by atoms with Gasteiger partial charge in [-0.25, -0.2) is 13.1 Å². The van der Waals surface area contributed by atoms with Crippen molar-refractivity contribution < 1.29 is 13.2 Å². The molecule has 0 aliphatic rings. The van der Waals surface area contributed by atoms with Crippen LogP contribution in [0.3, 0.4) is 0 Å². The highest BCUT2D eigenvalue weighted by atomic mass is 35.5. The summed E-state index contributed by atoms with van der Waals surface area (Å²) in [6.45, 7) is 2.97. The van der Waals surface area contributed by atoms with E-state index in [9.17, 15) is 8.42 Å². The van der Waals surface area contributed by atoms with E-state index in [4.69, 9.17) is 16.3 Å². The van der Waals surface area contributed by atoms with Gasteiger partial charge in [0.25, 0.3) is 0 Å². The van der Waals surface area contributed by atoms with Crippen molar-refractivity contribution in [1.29, 1.82) is 0 Å². The molecule has 0 unspecified atom stereocenters. The lowest BCUT2D eigenvalue weighted by Gasteiger charge is -2.11. The second-order valence-corrected chi connectivity index (χ2v) is 8.69. The second kappa shape index (κ2) is 11.3. The molecule has 0 spiro atoms. The summed E-state index contributed by atoms with van der Waals surface area (Å²) in [4.78, 5) is 0.153. The lowest BCUT2D eigenvalue weighted by molar-refractivity contribution is 0.304. The quantitative estimate of drug-likeness (QED) is 0.467. The number of hydrogen-bond donors (Lipinski definition) is 1. The Morgan fingerprint density at radius 2 is 1.67 bits per heavy atom. The molecule has 1 N–H and O–H groups in total. The molecule has 27 heavy (non-hydrogen) atoms. The van der Waals surface area contributed by atoms with E-state index in [1.165, 1.54) is 37.8 Å². The number of unbranched alkanes of at least 4 members (excludes halogenated alkanes) is 5. The van der Waals surface area contributed by atoms with Crippen LogP contribution < -0.4 is 9.46 Å². The average molecular weight is 410 g/mol. The molecule has 0 amide bonds. The molecule has 6 heteroatoms. The highest BCUT2D eigenvalue weighted by Gasteiger charge is 2.16. The first kappa shape index (κ1) is 21.7. The maximum absolute atomic E-state index is 12.5. The summed E-state index contributed by atoms with van der Waals surface area (Å²) in [5.41, 5.74) is 0.898. The van der Waals surface area contributed by atoms with Crippen LogP contribution in [0.25, 0.3) is 0 Å². The van der Waals surface area contributed by atoms with Crippen molar-refractivity contribution in [1.82, 2.24) is 4.72 Å². The molecule has 0 saturated heterocycles. The molecule has 0 bridgehead atoms. The van der Waals surface area contributed by atoms with E-state index in [2.05, 4.69) is 11.6 Å². The van der Waals surface area contributed by atoms with Gasteiger partial charge in [0.05, 0.1) is 16.5 Å². The van der Waals surface area contributed by atoms with Crippen molar-refractivity contribution in [3.8, 4) is 5.75 Å². The first-order chi connectivity index (χ1) is 13.0. The van der Waals surface area contributed by atoms with Crippen LogP contribution >= 0.6 is 11.6 Å². The molecule has 0 aliphatic heterocycles. The first-order valence-electron chi connectivity index (χ1n) is 9.49. The molecule has 0 atom stereocenters. The summed E-state index contributed by atoms with van der Waals surface area (Å²) in [5, 5.41) is 0.419. The van der Waals surface area contributed by atoms with E-state index in [1.807, 2.05) is 30.3 Å². The van der Waals surface area contributed by atoms with E-state index in [-0.39, 0.29) is 11.4 Å². The summed E-state index contributed by atoms with van der Waals surface area (Å²) >= 11 is 6.16. The molecular formula is C21H28ClNO3S. The number of sulfonamides is 1. The Kier molecular flexibility index (Phi) is 9.11. The Morgan fingerprint density at radius 3 is 2.41 bits per heavy atom. The molecule has 0 saturated carbocycles. The zero-order valence-corrected chi connectivity index (χ0v) is 17.4. The van der Waals surface area contributed by atoms with Crippen LogP contribution in [-0.2, 0) is 16.6 Å². The summed E-state index contributed by atoms with van der Waals surface area (Å²) in [6, 6.07) is 13.9. The number of ether oxygens (including phenoxy) is 1. The molecule has 4 nitrogen and oxygen atoms in total. The van der Waals surface area contributed by atoms with Gasteiger partial charge in [-0.15, -0.1) is 0 Å². The van der Waals surface area contributed by atoms with Crippen molar-refractivity contribution in [2.45, 2.75) is 56.9 Å². The van der Waals surface area contributed by atoms with E-state index >= 15 is 0 Å². The number of nitrogens with one attached hydrogen (secondary N) is 1. The van der Waals surface area contributed by atoms with Gasteiger partial charge in [-0.2, -0.15) is 0 Å². The van der Waals surface area contributed by atoms with Gasteiger partial charge >= 0.3 is 0 Å². The third-order valence-corrected chi connectivity index (χ3v) is 5.99. The van der Waals surface area contributed by atoms with Crippen molar-refractivity contribution >= 4 is 21.6 Å². The summed E-state index contributed by atoms with van der Waals surface area (Å²) in [5.74, 6) is 0.410. The maximum atomic E-state index is 12.5. The second-order valence-electron chi connectivity index (χ2n) is 6.52. The Hall–Kier alpha value is -1.56. The van der Waals surface area contributed by atoms with Gasteiger partial charge in [0.1, 0.15) is 5.75 Å². The van der Waals surface area contributed by atoms with Gasteiger partial charge < -0.3 is 4.74 Å². The smallest absolute Gasteiger partial charge is 0.241 e. The molecule has 148 valence electrons. The Morgan fingerprint density at radius 1 is 0.963 bits per heavy atom. The fourth-order valence-corrected chi connectivity index (χ4v) is 3.89. The zero-order valence-electron chi connectivity index (χ0n) is 15.8. The topological polar surface area (TPSA) is 55.4 Å². The lowest BCUT2D eigenvalue weighted by Crippen LogP contribution is -2.23. The molecule has 0 aromatic heterocycles. The van der Waals surface area contributed by atoms with Gasteiger partial charge in [0.15, 0.2) is 0 Å². The van der Waals surface area contributed by atoms with Crippen molar-refractivity contribution in [2.75, 3.05) is 6.61 Å². The number of benzene rings is 2. The molecule has 0 aliphatic carbocycles. The van der Waals surface area contributed by atoms with Crippen molar-refractivity contribution in [3.05, 3.63) is 59.1 Å². The van der Waals surface area contributed by atoms with Crippen molar-refractivity contribution in [2.24, 2.45) is 0 Å². The van der Waals surface area contributed by atoms with Crippen LogP contribution in [0.4, 0.5) is 0 Å². The van der Waals surface area contributed by atoms with Crippen molar-refractivity contribution in [3.63, 3.8) is 0 Å². The lowest BCUT2D eigenvalue weighted by atomic mass is 10.1. The van der Waals surface area contributed by atoms with E-state index in [0.717, 1.165) is 18.4 Å². The predicted octanol–water partition coefficient (Wildman–Crippen LogP) is 5.56. The molecule has 0 radical (unpaired) electrons. The van der Waals surface area contributed by atoms with Gasteiger partial charge in [-0.3, -0.25) is 0 Å². The zero-order chi connectivity index (χ0) is 19.5. The molecule has 2 rings (SSSR count). The van der Waals surface area contributed by atoms with Crippen LogP contribution in [0.1, 0.15) is 51.0 Å². The first-order valence-corrected chi connectivity index (χ1v) is 11.3. The van der Waals surface area contributed by atoms with Gasteiger partial charge in [0, 0.05) is 12.6 Å². The summed E-state index contributed by atoms with van der Waals surface area (Å²) < 4.78 is 33.4. The monoisotopic (exact) mass is 409 g/mol. The predicted molar refractivity (Wildman–Crippen MR) is 111 cm³/mol. The standard InChI is InChI=1S/C21H28ClNO3S/c1-2-3-4-5-6-10-15-26-21-16-19(13-14-20(21)22)27(24,25)23-17-18-11-8-7-9-12-18/h7-9,11-14,16,23H,2-6,10,15,17H2,1H3. The molecular weight excluding hydrogens is 382 g/mol. The van der Waals surface area contributed by atoms with Crippen LogP contribution in [0.5, 0.6) is 5.75 Å². The van der Waals surface area contributed by atoms with Crippen LogP contribution in [0, 0.1) is 0 Å². The minimum Gasteiger partial charge on any atom is -0.492 e. The van der Waals surface area contributed by atoms with Crippen LogP contribution in [-0.4, -0.2) is 15.0 Å². The molecule has 2 aromatic carbocycles. The van der Waals surface area contributed by atoms with Crippen LogP contribution in [0.15, 0.2) is 53.4 Å². The minimum atomic E-state index is -3.63. The Balaban J connectivity index is 1.90. The third-order valence-electron chi connectivity index (χ3n) is 4.28. The van der Waals surface area contributed by atoms with Crippen LogP contribution in [0.2, 0.25) is 5.02 Å². The third kappa shape index (κ3) is 7.53. The molecule has 2 aromatic rings. The van der Waals surface area contributed by atoms with Gasteiger partial charge in [0.2, 0.25) is 10.0 Å². The normalized spacial score (nSPS) is 11.5. The van der Waals surface area contributed by atoms with E-state index in [0.29, 0.717) is 17.4 Å². The fraction of sp³-hybridized carbons (Fsp3) is 0.429. The highest BCUT2D eigenvalue weighted by molar-refractivity contribution is 7.89. The Labute approximate surface area is 168 Å².